The van der Waals surface area contributed by atoms with Gasteiger partial charge >= 0.3 is 6.18 Å². The normalized spacial score (nSPS) is 12.4. The van der Waals surface area contributed by atoms with Crippen LogP contribution in [0.2, 0.25) is 0 Å². The highest BCUT2D eigenvalue weighted by atomic mass is 19.4. The summed E-state index contributed by atoms with van der Waals surface area (Å²) in [5.74, 6) is 0. The van der Waals surface area contributed by atoms with Gasteiger partial charge in [-0.1, -0.05) is 0 Å². The number of alkyl halides is 3. The van der Waals surface area contributed by atoms with E-state index in [1.165, 1.54) is 6.07 Å². The highest BCUT2D eigenvalue weighted by molar-refractivity contribution is 5.39. The summed E-state index contributed by atoms with van der Waals surface area (Å²) in [5, 5.41) is 20.0. The van der Waals surface area contributed by atoms with E-state index in [9.17, 15) is 28.5 Å². The summed E-state index contributed by atoms with van der Waals surface area (Å²) in [6, 6.07) is 6.26. The van der Waals surface area contributed by atoms with Gasteiger partial charge in [0.15, 0.2) is 5.49 Å². The highest BCUT2D eigenvalue weighted by Gasteiger charge is 2.29. The SMILES string of the molecule is O=[N+]([O-])c1ccc(=Nc2ccc(C(F)(F)F)cc2)n(O)c1. The Labute approximate surface area is 115 Å². The van der Waals surface area contributed by atoms with Crippen LogP contribution in [0.3, 0.4) is 0 Å². The first-order chi connectivity index (χ1) is 9.77. The van der Waals surface area contributed by atoms with Crippen LogP contribution >= 0.6 is 0 Å². The van der Waals surface area contributed by atoms with Gasteiger partial charge in [0.2, 0.25) is 0 Å². The summed E-state index contributed by atoms with van der Waals surface area (Å²) in [4.78, 5) is 13.7. The molecule has 1 heterocycles. The molecule has 1 N–H and O–H groups in total. The summed E-state index contributed by atoms with van der Waals surface area (Å²) >= 11 is 0. The van der Waals surface area contributed by atoms with Crippen molar-refractivity contribution >= 4 is 11.4 Å². The molecule has 6 nitrogen and oxygen atoms in total. The number of halogens is 3. The summed E-state index contributed by atoms with van der Waals surface area (Å²) in [6.45, 7) is 0. The second kappa shape index (κ2) is 5.27. The van der Waals surface area contributed by atoms with E-state index in [4.69, 9.17) is 0 Å². The Morgan fingerprint density at radius 3 is 2.24 bits per heavy atom. The topological polar surface area (TPSA) is 80.7 Å². The number of hydrogen-bond donors (Lipinski definition) is 1. The predicted molar refractivity (Wildman–Crippen MR) is 64.9 cm³/mol. The first-order valence-electron chi connectivity index (χ1n) is 5.56. The van der Waals surface area contributed by atoms with Gasteiger partial charge in [0.1, 0.15) is 6.20 Å². The summed E-state index contributed by atoms with van der Waals surface area (Å²) in [5.41, 5.74) is -1.05. The number of aromatic nitrogens is 1. The summed E-state index contributed by atoms with van der Waals surface area (Å²) in [7, 11) is 0. The number of rotatable bonds is 2. The van der Waals surface area contributed by atoms with Gasteiger partial charge in [-0.3, -0.25) is 10.1 Å². The minimum absolute atomic E-state index is 0.0552. The molecule has 2 rings (SSSR count). The van der Waals surface area contributed by atoms with Crippen LogP contribution in [-0.4, -0.2) is 14.9 Å². The molecule has 9 heteroatoms. The molecule has 2 aromatic rings. The molecule has 0 radical (unpaired) electrons. The molecule has 0 atom stereocenters. The number of nitro groups is 1. The van der Waals surface area contributed by atoms with Gasteiger partial charge in [-0.15, -0.1) is 0 Å². The average Bonchev–Trinajstić information content (AvgIpc) is 2.40. The maximum absolute atomic E-state index is 12.4. The van der Waals surface area contributed by atoms with E-state index in [2.05, 4.69) is 4.99 Å². The lowest BCUT2D eigenvalue weighted by atomic mass is 10.2. The van der Waals surface area contributed by atoms with Crippen LogP contribution in [0.15, 0.2) is 47.6 Å². The largest absolute Gasteiger partial charge is 0.427 e. The quantitative estimate of drug-likeness (QED) is 0.526. The molecule has 0 spiro atoms. The third kappa shape index (κ3) is 3.38. The Morgan fingerprint density at radius 2 is 1.76 bits per heavy atom. The smallest absolute Gasteiger partial charge is 0.416 e. The van der Waals surface area contributed by atoms with Crippen molar-refractivity contribution in [2.45, 2.75) is 6.18 Å². The fourth-order valence-electron chi connectivity index (χ4n) is 1.52. The van der Waals surface area contributed by atoms with Gasteiger partial charge in [-0.2, -0.15) is 17.9 Å². The van der Waals surface area contributed by atoms with Crippen LogP contribution in [0.25, 0.3) is 0 Å². The molecule has 0 aliphatic heterocycles. The van der Waals surface area contributed by atoms with Crippen LogP contribution in [-0.2, 0) is 6.18 Å². The zero-order valence-corrected chi connectivity index (χ0v) is 10.3. The predicted octanol–water partition coefficient (Wildman–Crippen LogP) is 2.88. The average molecular weight is 299 g/mol. The van der Waals surface area contributed by atoms with Crippen molar-refractivity contribution in [3.63, 3.8) is 0 Å². The van der Waals surface area contributed by atoms with Gasteiger partial charge in [0.25, 0.3) is 5.69 Å². The molecule has 0 saturated heterocycles. The molecular weight excluding hydrogens is 291 g/mol. The van der Waals surface area contributed by atoms with E-state index >= 15 is 0 Å². The molecule has 0 aliphatic carbocycles. The van der Waals surface area contributed by atoms with Crippen molar-refractivity contribution in [1.29, 1.82) is 0 Å². The van der Waals surface area contributed by atoms with Crippen LogP contribution in [0.4, 0.5) is 24.5 Å². The van der Waals surface area contributed by atoms with E-state index in [1.54, 1.807) is 0 Å². The van der Waals surface area contributed by atoms with Crippen molar-refractivity contribution < 1.29 is 23.3 Å². The third-order valence-corrected chi connectivity index (χ3v) is 2.54. The zero-order valence-electron chi connectivity index (χ0n) is 10.3. The molecule has 0 amide bonds. The van der Waals surface area contributed by atoms with Crippen LogP contribution < -0.4 is 5.49 Å². The molecule has 1 aromatic heterocycles. The molecule has 0 aliphatic rings. The van der Waals surface area contributed by atoms with Crippen LogP contribution in [0, 0.1) is 10.1 Å². The molecule has 0 saturated carbocycles. The van der Waals surface area contributed by atoms with Crippen LogP contribution in [0.1, 0.15) is 5.56 Å². The maximum Gasteiger partial charge on any atom is 0.416 e. The Kier molecular flexibility index (Phi) is 3.66. The Hall–Kier alpha value is -2.84. The van der Waals surface area contributed by atoms with Gasteiger partial charge < -0.3 is 5.21 Å². The lowest BCUT2D eigenvalue weighted by Crippen LogP contribution is -2.17. The van der Waals surface area contributed by atoms with Crippen molar-refractivity contribution in [1.82, 2.24) is 4.73 Å². The molecular formula is C12H8F3N3O3. The number of benzene rings is 1. The van der Waals surface area contributed by atoms with E-state index in [0.29, 0.717) is 4.73 Å². The van der Waals surface area contributed by atoms with Gasteiger partial charge in [-0.05, 0) is 30.3 Å². The first kappa shape index (κ1) is 14.6. The molecule has 21 heavy (non-hydrogen) atoms. The standard InChI is InChI=1S/C12H8F3N3O3/c13-12(14,15)8-1-3-9(4-2-8)16-11-6-5-10(18(20)21)7-17(11)19/h1-7,19H. The Balaban J connectivity index is 2.38. The minimum atomic E-state index is -4.44. The second-order valence-corrected chi connectivity index (χ2v) is 4.00. The van der Waals surface area contributed by atoms with Crippen molar-refractivity contribution in [3.05, 3.63) is 63.8 Å². The summed E-state index contributed by atoms with van der Waals surface area (Å²) < 4.78 is 37.6. The second-order valence-electron chi connectivity index (χ2n) is 4.00. The number of hydrogen-bond acceptors (Lipinski definition) is 4. The zero-order chi connectivity index (χ0) is 15.6. The molecule has 0 bridgehead atoms. The van der Waals surface area contributed by atoms with Crippen molar-refractivity contribution in [2.75, 3.05) is 0 Å². The lowest BCUT2D eigenvalue weighted by Gasteiger charge is -2.05. The lowest BCUT2D eigenvalue weighted by molar-refractivity contribution is -0.385. The Morgan fingerprint density at radius 1 is 1.14 bits per heavy atom. The number of nitrogens with zero attached hydrogens (tertiary/aromatic N) is 3. The molecule has 1 aromatic carbocycles. The van der Waals surface area contributed by atoms with Gasteiger partial charge in [-0.25, -0.2) is 4.99 Å². The minimum Gasteiger partial charge on any atom is -0.427 e. The van der Waals surface area contributed by atoms with Crippen molar-refractivity contribution in [2.24, 2.45) is 4.99 Å². The molecule has 0 unspecified atom stereocenters. The fourth-order valence-corrected chi connectivity index (χ4v) is 1.52. The van der Waals surface area contributed by atoms with Gasteiger partial charge in [0, 0.05) is 6.07 Å². The number of pyridine rings is 1. The highest BCUT2D eigenvalue weighted by Crippen LogP contribution is 2.30. The van der Waals surface area contributed by atoms with E-state index < -0.39 is 16.7 Å². The monoisotopic (exact) mass is 299 g/mol. The first-order valence-corrected chi connectivity index (χ1v) is 5.56. The van der Waals surface area contributed by atoms with E-state index in [0.717, 1.165) is 36.5 Å². The van der Waals surface area contributed by atoms with E-state index in [-0.39, 0.29) is 16.9 Å². The third-order valence-electron chi connectivity index (χ3n) is 2.54. The van der Waals surface area contributed by atoms with E-state index in [1.807, 2.05) is 0 Å². The van der Waals surface area contributed by atoms with Crippen molar-refractivity contribution in [3.8, 4) is 0 Å². The maximum atomic E-state index is 12.4. The molecule has 0 fully saturated rings. The van der Waals surface area contributed by atoms with Gasteiger partial charge in [0.05, 0.1) is 16.2 Å². The van der Waals surface area contributed by atoms with Crippen LogP contribution in [0.5, 0.6) is 0 Å². The summed E-state index contributed by atoms with van der Waals surface area (Å²) in [6.07, 6.45) is -3.61. The fraction of sp³-hybridized carbons (Fsp3) is 0.0833. The Bertz CT molecular complexity index is 736. The molecule has 110 valence electrons.